The molecule has 1 saturated carbocycles. The van der Waals surface area contributed by atoms with E-state index in [1.165, 1.54) is 11.1 Å². The Labute approximate surface area is 254 Å². The van der Waals surface area contributed by atoms with Gasteiger partial charge in [-0.1, -0.05) is 72.8 Å². The average Bonchev–Trinajstić information content (AvgIpc) is 3.55. The van der Waals surface area contributed by atoms with E-state index in [2.05, 4.69) is 18.2 Å². The van der Waals surface area contributed by atoms with Crippen molar-refractivity contribution in [1.82, 2.24) is 0 Å². The third-order valence-electron chi connectivity index (χ3n) is 8.38. The van der Waals surface area contributed by atoms with E-state index in [1.807, 2.05) is 73.7 Å². The fourth-order valence-electron chi connectivity index (χ4n) is 5.93. The zero-order valence-electron chi connectivity index (χ0n) is 25.2. The van der Waals surface area contributed by atoms with Crippen LogP contribution in [-0.4, -0.2) is 37.3 Å². The summed E-state index contributed by atoms with van der Waals surface area (Å²) in [6.07, 6.45) is 1.28. The first-order valence-corrected chi connectivity index (χ1v) is 14.9. The third-order valence-corrected chi connectivity index (χ3v) is 8.38. The van der Waals surface area contributed by atoms with Gasteiger partial charge in [-0.3, -0.25) is 4.79 Å². The van der Waals surface area contributed by atoms with Gasteiger partial charge < -0.3 is 24.1 Å². The lowest BCUT2D eigenvalue weighted by molar-refractivity contribution is 0.0451. The normalized spacial score (nSPS) is 18.3. The van der Waals surface area contributed by atoms with Crippen LogP contribution in [0.15, 0.2) is 97.1 Å². The van der Waals surface area contributed by atoms with Crippen LogP contribution in [0.25, 0.3) is 0 Å². The molecule has 1 N–H and O–H groups in total. The monoisotopic (exact) mass is 580 g/mol. The summed E-state index contributed by atoms with van der Waals surface area (Å²) in [5, 5.41) is 10.7. The van der Waals surface area contributed by atoms with Crippen LogP contribution >= 0.6 is 0 Å². The number of ketones is 1. The largest absolute Gasteiger partial charge is 0.493 e. The predicted molar refractivity (Wildman–Crippen MR) is 168 cm³/mol. The molecule has 0 spiro atoms. The molecule has 4 aromatic carbocycles. The molecule has 0 amide bonds. The first kappa shape index (κ1) is 30.2. The van der Waals surface area contributed by atoms with Crippen LogP contribution in [0, 0.1) is 0 Å². The molecule has 1 aliphatic rings. The summed E-state index contributed by atoms with van der Waals surface area (Å²) in [4.78, 5) is 12.8. The maximum atomic E-state index is 12.8. The molecule has 6 nitrogen and oxygen atoms in total. The lowest BCUT2D eigenvalue weighted by atomic mass is 9.92. The fourth-order valence-corrected chi connectivity index (χ4v) is 5.93. The molecule has 0 radical (unpaired) electrons. The molecule has 0 bridgehead atoms. The molecule has 0 aromatic heterocycles. The smallest absolute Gasteiger partial charge is 0.202 e. The minimum atomic E-state index is -0.748. The Kier molecular flexibility index (Phi) is 9.68. The van der Waals surface area contributed by atoms with Gasteiger partial charge in [0.2, 0.25) is 5.78 Å². The predicted octanol–water partition coefficient (Wildman–Crippen LogP) is 7.91. The molecule has 0 unspecified atom stereocenters. The summed E-state index contributed by atoms with van der Waals surface area (Å²) in [5.74, 6) is 3.15. The molecule has 0 saturated heterocycles. The maximum absolute atomic E-state index is 12.8. The molecule has 43 heavy (non-hydrogen) atoms. The van der Waals surface area contributed by atoms with Crippen molar-refractivity contribution in [1.29, 1.82) is 0 Å². The Morgan fingerprint density at radius 3 is 1.74 bits per heavy atom. The van der Waals surface area contributed by atoms with E-state index < -0.39 is 18.3 Å². The van der Waals surface area contributed by atoms with Crippen molar-refractivity contribution in [3.63, 3.8) is 0 Å². The van der Waals surface area contributed by atoms with Crippen molar-refractivity contribution in [3.05, 3.63) is 119 Å². The highest BCUT2D eigenvalue weighted by Gasteiger charge is 2.29. The second-order valence-electron chi connectivity index (χ2n) is 11.2. The van der Waals surface area contributed by atoms with Gasteiger partial charge in [0.15, 0.2) is 29.1 Å². The molecule has 1 aliphatic carbocycles. The fraction of sp³-hybridized carbons (Fsp3) is 0.324. The van der Waals surface area contributed by atoms with Crippen molar-refractivity contribution in [3.8, 4) is 23.0 Å². The van der Waals surface area contributed by atoms with E-state index in [0.29, 0.717) is 40.4 Å². The Bertz CT molecular complexity index is 1500. The van der Waals surface area contributed by atoms with Crippen molar-refractivity contribution in [2.45, 2.75) is 63.3 Å². The molecule has 0 heterocycles. The van der Waals surface area contributed by atoms with Gasteiger partial charge in [0.25, 0.3) is 0 Å². The molecule has 0 aliphatic heterocycles. The number of carbonyl (C=O) groups excluding carboxylic acids is 1. The quantitative estimate of drug-likeness (QED) is 0.172. The minimum absolute atomic E-state index is 0.0703. The minimum Gasteiger partial charge on any atom is -0.493 e. The van der Waals surface area contributed by atoms with Gasteiger partial charge in [0.1, 0.15) is 12.2 Å². The van der Waals surface area contributed by atoms with E-state index >= 15 is 0 Å². The van der Waals surface area contributed by atoms with Crippen LogP contribution in [0.3, 0.4) is 0 Å². The molecule has 4 aromatic rings. The number of aliphatic hydroxyl groups excluding tert-OH is 1. The van der Waals surface area contributed by atoms with Crippen molar-refractivity contribution in [2.75, 3.05) is 14.2 Å². The molecule has 6 heteroatoms. The second-order valence-corrected chi connectivity index (χ2v) is 11.2. The Balaban J connectivity index is 1.24. The Hall–Kier alpha value is -4.29. The molecule has 1 fully saturated rings. The van der Waals surface area contributed by atoms with E-state index in [-0.39, 0.29) is 5.78 Å². The second kappa shape index (κ2) is 13.8. The van der Waals surface area contributed by atoms with Gasteiger partial charge in [-0.15, -0.1) is 0 Å². The van der Waals surface area contributed by atoms with Gasteiger partial charge in [-0.25, -0.2) is 0 Å². The molecule has 5 atom stereocenters. The summed E-state index contributed by atoms with van der Waals surface area (Å²) in [7, 11) is 3.27. The lowest BCUT2D eigenvalue weighted by Gasteiger charge is -2.23. The maximum Gasteiger partial charge on any atom is 0.202 e. The van der Waals surface area contributed by atoms with Crippen LogP contribution in [0.1, 0.15) is 78.1 Å². The van der Waals surface area contributed by atoms with E-state index in [9.17, 15) is 9.90 Å². The number of carbonyl (C=O) groups is 1. The van der Waals surface area contributed by atoms with Crippen LogP contribution < -0.4 is 18.9 Å². The SMILES string of the molecule is COc1cc([C@H]2CC[C@@H](c3ccc(O[C@H](C)[C@H](O)c4ccccc4)c(OC)c3)C2)ccc1O[C@H](C)C(=O)c1ccccc1. The molecular weight excluding hydrogens is 540 g/mol. The van der Waals surface area contributed by atoms with E-state index in [1.54, 1.807) is 33.3 Å². The topological polar surface area (TPSA) is 74.2 Å². The summed E-state index contributed by atoms with van der Waals surface area (Å²) in [6, 6.07) is 30.9. The van der Waals surface area contributed by atoms with Crippen LogP contribution in [0.4, 0.5) is 0 Å². The average molecular weight is 581 g/mol. The van der Waals surface area contributed by atoms with E-state index in [0.717, 1.165) is 24.8 Å². The molecule has 224 valence electrons. The first-order valence-electron chi connectivity index (χ1n) is 14.9. The zero-order valence-corrected chi connectivity index (χ0v) is 25.2. The number of aliphatic hydroxyl groups is 1. The first-order chi connectivity index (χ1) is 20.9. The highest BCUT2D eigenvalue weighted by atomic mass is 16.5. The van der Waals surface area contributed by atoms with Gasteiger partial charge >= 0.3 is 0 Å². The number of hydrogen-bond acceptors (Lipinski definition) is 6. The summed E-state index contributed by atoms with van der Waals surface area (Å²) < 4.78 is 23.6. The number of methoxy groups -OCH3 is 2. The zero-order chi connectivity index (χ0) is 30.3. The van der Waals surface area contributed by atoms with Crippen molar-refractivity contribution in [2.24, 2.45) is 0 Å². The van der Waals surface area contributed by atoms with Crippen LogP contribution in [0.5, 0.6) is 23.0 Å². The van der Waals surface area contributed by atoms with Crippen LogP contribution in [0.2, 0.25) is 0 Å². The van der Waals surface area contributed by atoms with Crippen molar-refractivity contribution >= 4 is 5.78 Å². The summed E-state index contributed by atoms with van der Waals surface area (Å²) >= 11 is 0. The summed E-state index contributed by atoms with van der Waals surface area (Å²) in [6.45, 7) is 3.62. The molecule has 5 rings (SSSR count). The number of hydrogen-bond donors (Lipinski definition) is 1. The van der Waals surface area contributed by atoms with Crippen molar-refractivity contribution < 1.29 is 28.8 Å². The van der Waals surface area contributed by atoms with E-state index in [4.69, 9.17) is 18.9 Å². The number of Topliss-reactive ketones (excluding diaryl/α,β-unsaturated/α-hetero) is 1. The Morgan fingerprint density at radius 2 is 1.21 bits per heavy atom. The van der Waals surface area contributed by atoms with Crippen LogP contribution in [-0.2, 0) is 0 Å². The van der Waals surface area contributed by atoms with Gasteiger partial charge in [0, 0.05) is 5.56 Å². The Morgan fingerprint density at radius 1 is 0.698 bits per heavy atom. The highest BCUT2D eigenvalue weighted by molar-refractivity contribution is 5.99. The number of rotatable bonds is 12. The summed E-state index contributed by atoms with van der Waals surface area (Å²) in [5.41, 5.74) is 3.85. The van der Waals surface area contributed by atoms with Gasteiger partial charge in [0.05, 0.1) is 14.2 Å². The number of benzene rings is 4. The lowest BCUT2D eigenvalue weighted by Crippen LogP contribution is -2.24. The third kappa shape index (κ3) is 7.03. The molecular formula is C37H40O6. The number of ether oxygens (including phenoxy) is 4. The highest BCUT2D eigenvalue weighted by Crippen LogP contribution is 2.46. The standard InChI is InChI=1S/C37H40O6/c1-24(36(38)26-11-7-5-8-12-26)42-32-19-17-30(22-34(32)40-3)28-15-16-29(21-28)31-18-20-33(35(23-31)41-4)43-25(2)37(39)27-13-9-6-10-14-27/h5-14,17-20,22-25,28-29,36,38H,15-16,21H2,1-4H3/t24-,25-,28-,29+,36+/m1/s1. The van der Waals surface area contributed by atoms with Gasteiger partial charge in [-0.2, -0.15) is 0 Å². The van der Waals surface area contributed by atoms with Gasteiger partial charge in [-0.05, 0) is 85.9 Å².